The summed E-state index contributed by atoms with van der Waals surface area (Å²) in [5.41, 5.74) is 1.98. The van der Waals surface area contributed by atoms with E-state index < -0.39 is 0 Å². The zero-order chi connectivity index (χ0) is 13.8. The van der Waals surface area contributed by atoms with Gasteiger partial charge in [-0.1, -0.05) is 32.0 Å². The third kappa shape index (κ3) is 3.34. The van der Waals surface area contributed by atoms with Gasteiger partial charge in [-0.2, -0.15) is 0 Å². The van der Waals surface area contributed by atoms with E-state index in [1.54, 1.807) is 0 Å². The van der Waals surface area contributed by atoms with Gasteiger partial charge in [0.2, 0.25) is 11.8 Å². The van der Waals surface area contributed by atoms with Crippen LogP contribution in [0.4, 0.5) is 5.69 Å². The van der Waals surface area contributed by atoms with Crippen LogP contribution >= 0.6 is 0 Å². The first-order valence-electron chi connectivity index (χ1n) is 6.74. The van der Waals surface area contributed by atoms with Crippen molar-refractivity contribution >= 4 is 17.5 Å². The molecule has 0 saturated carbocycles. The molecule has 1 atom stereocenters. The van der Waals surface area contributed by atoms with E-state index in [2.05, 4.69) is 24.5 Å². The Hall–Kier alpha value is -1.84. The monoisotopic (exact) mass is 260 g/mol. The molecule has 1 fully saturated rings. The fourth-order valence-electron chi connectivity index (χ4n) is 2.36. The summed E-state index contributed by atoms with van der Waals surface area (Å²) in [7, 11) is 0. The zero-order valence-electron chi connectivity index (χ0n) is 11.4. The van der Waals surface area contributed by atoms with Crippen LogP contribution in [-0.4, -0.2) is 18.4 Å². The molecular formula is C15H20N2O2. The van der Waals surface area contributed by atoms with Crippen molar-refractivity contribution in [3.63, 3.8) is 0 Å². The van der Waals surface area contributed by atoms with E-state index in [0.29, 0.717) is 18.9 Å². The van der Waals surface area contributed by atoms with Gasteiger partial charge in [-0.05, 0) is 24.0 Å². The molecule has 1 saturated heterocycles. The van der Waals surface area contributed by atoms with Crippen molar-refractivity contribution in [1.29, 1.82) is 0 Å². The van der Waals surface area contributed by atoms with Crippen molar-refractivity contribution in [2.75, 3.05) is 11.9 Å². The highest BCUT2D eigenvalue weighted by Gasteiger charge is 2.25. The Morgan fingerprint density at radius 2 is 2.11 bits per heavy atom. The van der Waals surface area contributed by atoms with Gasteiger partial charge >= 0.3 is 0 Å². The molecule has 1 aromatic carbocycles. The summed E-state index contributed by atoms with van der Waals surface area (Å²) in [6, 6.07) is 7.82. The maximum atomic E-state index is 12.2. The van der Waals surface area contributed by atoms with Crippen LogP contribution in [0.25, 0.3) is 0 Å². The van der Waals surface area contributed by atoms with E-state index in [0.717, 1.165) is 11.3 Å². The van der Waals surface area contributed by atoms with Gasteiger partial charge in [-0.3, -0.25) is 9.59 Å². The van der Waals surface area contributed by atoms with Crippen molar-refractivity contribution in [2.24, 2.45) is 5.92 Å². The smallest absolute Gasteiger partial charge is 0.228 e. The molecule has 0 bridgehead atoms. The molecule has 4 heteroatoms. The first-order valence-corrected chi connectivity index (χ1v) is 6.74. The number of nitrogens with one attached hydrogen (secondary N) is 2. The minimum Gasteiger partial charge on any atom is -0.356 e. The van der Waals surface area contributed by atoms with Gasteiger partial charge in [0.25, 0.3) is 0 Å². The number of hydrogen-bond donors (Lipinski definition) is 2. The Morgan fingerprint density at radius 1 is 1.37 bits per heavy atom. The normalized spacial score (nSPS) is 19.1. The lowest BCUT2D eigenvalue weighted by molar-refractivity contribution is -0.129. The summed E-state index contributed by atoms with van der Waals surface area (Å²) < 4.78 is 0. The number of piperidine rings is 1. The molecule has 0 spiro atoms. The molecule has 0 aliphatic carbocycles. The Balaban J connectivity index is 2.08. The first-order chi connectivity index (χ1) is 9.08. The fraction of sp³-hybridized carbons (Fsp3) is 0.467. The van der Waals surface area contributed by atoms with Gasteiger partial charge in [0.15, 0.2) is 0 Å². The lowest BCUT2D eigenvalue weighted by atomic mass is 9.95. The Labute approximate surface area is 113 Å². The van der Waals surface area contributed by atoms with Crippen LogP contribution in [0, 0.1) is 5.92 Å². The van der Waals surface area contributed by atoms with Gasteiger partial charge in [0, 0.05) is 24.6 Å². The van der Waals surface area contributed by atoms with Crippen LogP contribution in [0.2, 0.25) is 0 Å². The summed E-state index contributed by atoms with van der Waals surface area (Å²) >= 11 is 0. The molecule has 1 aromatic rings. The average molecular weight is 260 g/mol. The molecule has 0 aromatic heterocycles. The van der Waals surface area contributed by atoms with E-state index in [1.807, 2.05) is 24.3 Å². The number of carbonyl (C=O) groups is 2. The van der Waals surface area contributed by atoms with Crippen LogP contribution < -0.4 is 10.6 Å². The third-order valence-electron chi connectivity index (χ3n) is 3.46. The summed E-state index contributed by atoms with van der Waals surface area (Å²) in [4.78, 5) is 23.5. The second-order valence-corrected chi connectivity index (χ2v) is 5.27. The number of carbonyl (C=O) groups excluding carboxylic acids is 2. The number of amides is 2. The van der Waals surface area contributed by atoms with Crippen molar-refractivity contribution in [2.45, 2.75) is 32.6 Å². The highest BCUT2D eigenvalue weighted by molar-refractivity contribution is 5.96. The van der Waals surface area contributed by atoms with E-state index >= 15 is 0 Å². The van der Waals surface area contributed by atoms with Gasteiger partial charge in [-0.25, -0.2) is 0 Å². The summed E-state index contributed by atoms with van der Waals surface area (Å²) in [6.45, 7) is 4.78. The Bertz CT molecular complexity index is 483. The van der Waals surface area contributed by atoms with Crippen LogP contribution in [-0.2, 0) is 9.59 Å². The van der Waals surface area contributed by atoms with Crippen LogP contribution in [0.3, 0.4) is 0 Å². The molecular weight excluding hydrogens is 240 g/mol. The first kappa shape index (κ1) is 13.6. The number of para-hydroxylation sites is 1. The van der Waals surface area contributed by atoms with E-state index in [1.165, 1.54) is 0 Å². The summed E-state index contributed by atoms with van der Waals surface area (Å²) in [6.07, 6.45) is 0.997. The Morgan fingerprint density at radius 3 is 2.79 bits per heavy atom. The molecule has 1 heterocycles. The summed E-state index contributed by atoms with van der Waals surface area (Å²) in [5.74, 6) is 0.0478. The largest absolute Gasteiger partial charge is 0.356 e. The number of benzene rings is 1. The molecule has 1 aliphatic heterocycles. The zero-order valence-corrected chi connectivity index (χ0v) is 11.4. The number of anilines is 1. The van der Waals surface area contributed by atoms with Crippen LogP contribution in [0.15, 0.2) is 24.3 Å². The standard InChI is InChI=1S/C15H20N2O2/c1-10(2)12-5-3-4-6-13(12)17-15(19)11-7-8-16-14(18)9-11/h3-6,10-11H,7-9H2,1-2H3,(H,16,18)(H,17,19). The molecule has 4 nitrogen and oxygen atoms in total. The third-order valence-corrected chi connectivity index (χ3v) is 3.46. The lowest BCUT2D eigenvalue weighted by Gasteiger charge is -2.22. The average Bonchev–Trinajstić information content (AvgIpc) is 2.39. The van der Waals surface area contributed by atoms with Gasteiger partial charge < -0.3 is 10.6 Å². The van der Waals surface area contributed by atoms with Gasteiger partial charge in [0.1, 0.15) is 0 Å². The van der Waals surface area contributed by atoms with E-state index in [-0.39, 0.29) is 24.2 Å². The summed E-state index contributed by atoms with van der Waals surface area (Å²) in [5, 5.41) is 5.70. The molecule has 1 unspecified atom stereocenters. The topological polar surface area (TPSA) is 58.2 Å². The van der Waals surface area contributed by atoms with Gasteiger partial charge in [0.05, 0.1) is 0 Å². The second kappa shape index (κ2) is 5.87. The molecule has 2 N–H and O–H groups in total. The quantitative estimate of drug-likeness (QED) is 0.876. The SMILES string of the molecule is CC(C)c1ccccc1NC(=O)C1CCNC(=O)C1. The molecule has 1 aliphatic rings. The highest BCUT2D eigenvalue weighted by Crippen LogP contribution is 2.25. The molecule has 19 heavy (non-hydrogen) atoms. The maximum absolute atomic E-state index is 12.2. The van der Waals surface area contributed by atoms with Crippen LogP contribution in [0.5, 0.6) is 0 Å². The lowest BCUT2D eigenvalue weighted by Crippen LogP contribution is -2.38. The Kier molecular flexibility index (Phi) is 4.20. The number of rotatable bonds is 3. The molecule has 102 valence electrons. The van der Waals surface area contributed by atoms with Crippen molar-refractivity contribution in [1.82, 2.24) is 5.32 Å². The minimum absolute atomic E-state index is 0.0384. The van der Waals surface area contributed by atoms with Crippen molar-refractivity contribution < 1.29 is 9.59 Å². The van der Waals surface area contributed by atoms with Gasteiger partial charge in [-0.15, -0.1) is 0 Å². The van der Waals surface area contributed by atoms with E-state index in [4.69, 9.17) is 0 Å². The van der Waals surface area contributed by atoms with Crippen molar-refractivity contribution in [3.05, 3.63) is 29.8 Å². The molecule has 0 radical (unpaired) electrons. The predicted octanol–water partition coefficient (Wildman–Crippen LogP) is 2.27. The van der Waals surface area contributed by atoms with Crippen molar-refractivity contribution in [3.8, 4) is 0 Å². The predicted molar refractivity (Wildman–Crippen MR) is 74.9 cm³/mol. The molecule has 2 amide bonds. The minimum atomic E-state index is -0.214. The number of hydrogen-bond acceptors (Lipinski definition) is 2. The highest BCUT2D eigenvalue weighted by atomic mass is 16.2. The van der Waals surface area contributed by atoms with Crippen LogP contribution in [0.1, 0.15) is 38.2 Å². The molecule has 2 rings (SSSR count). The fourth-order valence-corrected chi connectivity index (χ4v) is 2.36. The van der Waals surface area contributed by atoms with E-state index in [9.17, 15) is 9.59 Å². The second-order valence-electron chi connectivity index (χ2n) is 5.27. The maximum Gasteiger partial charge on any atom is 0.228 e.